The molecule has 0 radical (unpaired) electrons. The van der Waals surface area contributed by atoms with E-state index in [1.165, 1.54) is 44.2 Å². The van der Waals surface area contributed by atoms with Crippen LogP contribution >= 0.6 is 0 Å². The van der Waals surface area contributed by atoms with Crippen molar-refractivity contribution in [2.24, 2.45) is 0 Å². The summed E-state index contributed by atoms with van der Waals surface area (Å²) >= 11 is 0. The molecular formula is C54H42N2O2. The van der Waals surface area contributed by atoms with Crippen LogP contribution in [-0.4, -0.2) is 17.1 Å². The summed E-state index contributed by atoms with van der Waals surface area (Å²) in [6.07, 6.45) is 3.52. The van der Waals surface area contributed by atoms with E-state index in [0.717, 1.165) is 70.3 Å². The Labute approximate surface area is 339 Å². The summed E-state index contributed by atoms with van der Waals surface area (Å²) in [5, 5.41) is 2.36. The highest BCUT2D eigenvalue weighted by Gasteiger charge is 2.18. The summed E-state index contributed by atoms with van der Waals surface area (Å²) < 4.78 is 2.27. The van der Waals surface area contributed by atoms with E-state index in [2.05, 4.69) is 163 Å². The molecule has 0 saturated carbocycles. The van der Waals surface area contributed by atoms with Crippen LogP contribution in [0.2, 0.25) is 0 Å². The molecule has 4 heteroatoms. The van der Waals surface area contributed by atoms with Gasteiger partial charge < -0.3 is 9.47 Å². The molecule has 0 N–H and O–H groups in total. The smallest absolute Gasteiger partial charge is 0.150 e. The largest absolute Gasteiger partial charge is 0.310 e. The van der Waals surface area contributed by atoms with Crippen molar-refractivity contribution in [3.63, 3.8) is 0 Å². The lowest BCUT2D eigenvalue weighted by Gasteiger charge is -2.27. The van der Waals surface area contributed by atoms with E-state index in [1.54, 1.807) is 0 Å². The molecule has 8 aromatic carbocycles. The SMILES string of the molecule is CCc1cc(C=O)ccc1-c1ccc(N(c2ccc(-c3ccccc3)cc2)c2ccc(-c3ccc4c(c3)c3ccccc3n4-c3ccc(C=O)cc3)cc2)cc1CC. The van der Waals surface area contributed by atoms with E-state index in [0.29, 0.717) is 11.1 Å². The van der Waals surface area contributed by atoms with Crippen molar-refractivity contribution in [1.82, 2.24) is 4.57 Å². The average molecular weight is 751 g/mol. The van der Waals surface area contributed by atoms with Gasteiger partial charge in [0, 0.05) is 44.6 Å². The molecule has 0 saturated heterocycles. The lowest BCUT2D eigenvalue weighted by atomic mass is 9.91. The fourth-order valence-electron chi connectivity index (χ4n) is 8.33. The number of carbonyl (C=O) groups excluding carboxylic acids is 2. The molecule has 9 aromatic rings. The number of benzene rings is 8. The highest BCUT2D eigenvalue weighted by Crippen LogP contribution is 2.41. The molecule has 1 heterocycles. The highest BCUT2D eigenvalue weighted by atomic mass is 16.1. The number of hydrogen-bond acceptors (Lipinski definition) is 3. The first-order chi connectivity index (χ1) is 28.6. The first kappa shape index (κ1) is 36.3. The van der Waals surface area contributed by atoms with Crippen LogP contribution in [0.5, 0.6) is 0 Å². The Hall–Kier alpha value is -7.30. The topological polar surface area (TPSA) is 42.3 Å². The van der Waals surface area contributed by atoms with Gasteiger partial charge in [-0.2, -0.15) is 0 Å². The van der Waals surface area contributed by atoms with Gasteiger partial charge >= 0.3 is 0 Å². The summed E-state index contributed by atoms with van der Waals surface area (Å²) in [5.74, 6) is 0. The maximum atomic E-state index is 11.6. The molecule has 58 heavy (non-hydrogen) atoms. The van der Waals surface area contributed by atoms with Gasteiger partial charge in [-0.1, -0.05) is 111 Å². The molecule has 0 amide bonds. The van der Waals surface area contributed by atoms with Crippen molar-refractivity contribution in [2.45, 2.75) is 26.7 Å². The Morgan fingerprint density at radius 1 is 0.431 bits per heavy atom. The van der Waals surface area contributed by atoms with Crippen LogP contribution in [0, 0.1) is 0 Å². The van der Waals surface area contributed by atoms with Crippen molar-refractivity contribution < 1.29 is 9.59 Å². The maximum Gasteiger partial charge on any atom is 0.150 e. The molecule has 280 valence electrons. The van der Waals surface area contributed by atoms with Gasteiger partial charge in [0.25, 0.3) is 0 Å². The molecular weight excluding hydrogens is 709 g/mol. The van der Waals surface area contributed by atoms with E-state index < -0.39 is 0 Å². The lowest BCUT2D eigenvalue weighted by molar-refractivity contribution is 0.111. The summed E-state index contributed by atoms with van der Waals surface area (Å²) in [7, 11) is 0. The third-order valence-electron chi connectivity index (χ3n) is 11.3. The van der Waals surface area contributed by atoms with E-state index in [-0.39, 0.29) is 0 Å². The molecule has 0 aliphatic carbocycles. The van der Waals surface area contributed by atoms with Crippen molar-refractivity contribution in [1.29, 1.82) is 0 Å². The first-order valence-electron chi connectivity index (χ1n) is 19.9. The second-order valence-electron chi connectivity index (χ2n) is 14.7. The summed E-state index contributed by atoms with van der Waals surface area (Å²) in [5.41, 5.74) is 17.3. The fourth-order valence-corrected chi connectivity index (χ4v) is 8.33. The van der Waals surface area contributed by atoms with Crippen molar-refractivity contribution >= 4 is 51.4 Å². The Kier molecular flexibility index (Phi) is 9.83. The molecule has 1 aromatic heterocycles. The number of anilines is 3. The number of fused-ring (bicyclic) bond motifs is 3. The van der Waals surface area contributed by atoms with Gasteiger partial charge in [-0.25, -0.2) is 0 Å². The number of carbonyl (C=O) groups is 2. The number of aryl methyl sites for hydroxylation is 2. The third-order valence-corrected chi connectivity index (χ3v) is 11.3. The molecule has 0 aliphatic heterocycles. The molecule has 4 nitrogen and oxygen atoms in total. The summed E-state index contributed by atoms with van der Waals surface area (Å²) in [6.45, 7) is 4.35. The molecule has 0 fully saturated rings. The van der Waals surface area contributed by atoms with Crippen LogP contribution in [0.4, 0.5) is 17.1 Å². The van der Waals surface area contributed by atoms with Gasteiger partial charge in [0.2, 0.25) is 0 Å². The third kappa shape index (κ3) is 6.69. The Morgan fingerprint density at radius 2 is 0.948 bits per heavy atom. The summed E-state index contributed by atoms with van der Waals surface area (Å²) in [6, 6.07) is 63.9. The van der Waals surface area contributed by atoms with Gasteiger partial charge in [0.15, 0.2) is 0 Å². The Balaban J connectivity index is 1.12. The van der Waals surface area contributed by atoms with Crippen LogP contribution in [-0.2, 0) is 12.8 Å². The fraction of sp³-hybridized carbons (Fsp3) is 0.0741. The lowest BCUT2D eigenvalue weighted by Crippen LogP contribution is -2.10. The van der Waals surface area contributed by atoms with Crippen LogP contribution in [0.25, 0.3) is 60.9 Å². The van der Waals surface area contributed by atoms with Crippen LogP contribution in [0.1, 0.15) is 45.7 Å². The molecule has 0 atom stereocenters. The Bertz CT molecular complexity index is 2920. The quantitative estimate of drug-likeness (QED) is 0.124. The minimum Gasteiger partial charge on any atom is -0.310 e. The van der Waals surface area contributed by atoms with Gasteiger partial charge in [0.05, 0.1) is 11.0 Å². The predicted octanol–water partition coefficient (Wildman–Crippen LogP) is 14.0. The molecule has 0 aliphatic rings. The van der Waals surface area contributed by atoms with Crippen LogP contribution in [0.3, 0.4) is 0 Å². The molecule has 0 spiro atoms. The van der Waals surface area contributed by atoms with E-state index in [1.807, 2.05) is 42.5 Å². The molecule has 9 rings (SSSR count). The Morgan fingerprint density at radius 3 is 1.60 bits per heavy atom. The normalized spacial score (nSPS) is 11.2. The van der Waals surface area contributed by atoms with E-state index >= 15 is 0 Å². The second kappa shape index (κ2) is 15.7. The standard InChI is InChI=1S/C54H42N2O2/c1-3-39-32-38(36-58)16-29-49(39)50-30-28-48(33-40(50)4-2)55(45-24-17-42(18-25-45)41-10-6-5-7-11-41)46-26-19-43(20-27-46)44-21-31-54-52(34-44)51-12-8-9-13-53(51)56(54)47-22-14-37(35-57)15-23-47/h5-36H,3-4H2,1-2H3. The van der Waals surface area contributed by atoms with Gasteiger partial charge in [-0.3, -0.25) is 9.59 Å². The second-order valence-corrected chi connectivity index (χ2v) is 14.7. The number of nitrogens with zero attached hydrogens (tertiary/aromatic N) is 2. The summed E-state index contributed by atoms with van der Waals surface area (Å²) in [4.78, 5) is 25.3. The zero-order valence-electron chi connectivity index (χ0n) is 32.6. The zero-order valence-corrected chi connectivity index (χ0v) is 32.6. The van der Waals surface area contributed by atoms with Crippen molar-refractivity contribution in [3.8, 4) is 39.1 Å². The van der Waals surface area contributed by atoms with E-state index in [4.69, 9.17) is 0 Å². The minimum absolute atomic E-state index is 0.661. The van der Waals surface area contributed by atoms with Crippen LogP contribution in [0.15, 0.2) is 182 Å². The first-order valence-corrected chi connectivity index (χ1v) is 19.9. The van der Waals surface area contributed by atoms with Crippen molar-refractivity contribution in [2.75, 3.05) is 4.90 Å². The molecule has 0 unspecified atom stereocenters. The highest BCUT2D eigenvalue weighted by molar-refractivity contribution is 6.10. The number of aromatic nitrogens is 1. The molecule has 0 bridgehead atoms. The van der Waals surface area contributed by atoms with Gasteiger partial charge in [0.1, 0.15) is 12.6 Å². The van der Waals surface area contributed by atoms with Crippen molar-refractivity contribution in [3.05, 3.63) is 204 Å². The number of para-hydroxylation sites is 1. The monoisotopic (exact) mass is 750 g/mol. The minimum atomic E-state index is 0.661. The maximum absolute atomic E-state index is 11.6. The van der Waals surface area contributed by atoms with E-state index in [9.17, 15) is 9.59 Å². The van der Waals surface area contributed by atoms with Gasteiger partial charge in [-0.15, -0.1) is 0 Å². The van der Waals surface area contributed by atoms with Gasteiger partial charge in [-0.05, 0) is 142 Å². The van der Waals surface area contributed by atoms with Crippen LogP contribution < -0.4 is 4.90 Å². The average Bonchev–Trinajstić information content (AvgIpc) is 3.63. The predicted molar refractivity (Wildman–Crippen MR) is 241 cm³/mol. The number of aldehydes is 2. The number of hydrogen-bond donors (Lipinski definition) is 0. The number of rotatable bonds is 11. The zero-order chi connectivity index (χ0) is 39.6.